The van der Waals surface area contributed by atoms with Crippen molar-refractivity contribution in [2.45, 2.75) is 12.5 Å². The van der Waals surface area contributed by atoms with Gasteiger partial charge in [0, 0.05) is 32.6 Å². The monoisotopic (exact) mass is 241 g/mol. The standard InChI is InChI=1S/C10H15N3O4/c14-8-3-6(4-12-8)9(15)13-2-1-11-5-7(13)10(16)17/h6-7,11H,1-5H2,(H,12,14)(H,16,17). The van der Waals surface area contributed by atoms with E-state index >= 15 is 0 Å². The Kier molecular flexibility index (Phi) is 3.28. The molecule has 0 saturated carbocycles. The van der Waals surface area contributed by atoms with E-state index < -0.39 is 17.9 Å². The number of nitrogens with zero attached hydrogens (tertiary/aromatic N) is 1. The molecule has 0 aliphatic carbocycles. The van der Waals surface area contributed by atoms with Gasteiger partial charge in [-0.15, -0.1) is 0 Å². The van der Waals surface area contributed by atoms with Gasteiger partial charge in [0.15, 0.2) is 0 Å². The highest BCUT2D eigenvalue weighted by Gasteiger charge is 2.37. The van der Waals surface area contributed by atoms with E-state index in [9.17, 15) is 14.4 Å². The number of carbonyl (C=O) groups is 3. The van der Waals surface area contributed by atoms with Gasteiger partial charge in [0.05, 0.1) is 5.92 Å². The first-order chi connectivity index (χ1) is 8.09. The van der Waals surface area contributed by atoms with Crippen LogP contribution in [0, 0.1) is 5.92 Å². The Bertz CT molecular complexity index is 357. The quantitative estimate of drug-likeness (QED) is 0.520. The van der Waals surface area contributed by atoms with Crippen molar-refractivity contribution in [1.29, 1.82) is 0 Å². The lowest BCUT2D eigenvalue weighted by molar-refractivity contribution is -0.152. The number of hydrogen-bond acceptors (Lipinski definition) is 4. The predicted octanol–water partition coefficient (Wildman–Crippen LogP) is -1.99. The van der Waals surface area contributed by atoms with Crippen LogP contribution < -0.4 is 10.6 Å². The van der Waals surface area contributed by atoms with Gasteiger partial charge in [-0.2, -0.15) is 0 Å². The summed E-state index contributed by atoms with van der Waals surface area (Å²) in [5.41, 5.74) is 0. The van der Waals surface area contributed by atoms with Gasteiger partial charge in [0.25, 0.3) is 0 Å². The lowest BCUT2D eigenvalue weighted by Crippen LogP contribution is -2.58. The van der Waals surface area contributed by atoms with Crippen molar-refractivity contribution in [3.8, 4) is 0 Å². The second-order valence-electron chi connectivity index (χ2n) is 4.29. The fourth-order valence-electron chi connectivity index (χ4n) is 2.20. The first-order valence-corrected chi connectivity index (χ1v) is 5.60. The highest BCUT2D eigenvalue weighted by molar-refractivity contribution is 5.91. The fourth-order valence-corrected chi connectivity index (χ4v) is 2.20. The van der Waals surface area contributed by atoms with E-state index in [1.165, 1.54) is 4.90 Å². The molecule has 0 aromatic carbocycles. The molecule has 0 spiro atoms. The molecule has 0 aromatic rings. The summed E-state index contributed by atoms with van der Waals surface area (Å²) in [6.07, 6.45) is 0.162. The fraction of sp³-hybridized carbons (Fsp3) is 0.700. The van der Waals surface area contributed by atoms with E-state index in [1.807, 2.05) is 0 Å². The van der Waals surface area contributed by atoms with Crippen molar-refractivity contribution >= 4 is 17.8 Å². The zero-order valence-corrected chi connectivity index (χ0v) is 9.31. The van der Waals surface area contributed by atoms with Crippen LogP contribution >= 0.6 is 0 Å². The number of carboxylic acid groups (broad SMARTS) is 1. The lowest BCUT2D eigenvalue weighted by atomic mass is 10.0. The third-order valence-corrected chi connectivity index (χ3v) is 3.14. The summed E-state index contributed by atoms with van der Waals surface area (Å²) < 4.78 is 0. The van der Waals surface area contributed by atoms with Gasteiger partial charge in [-0.25, -0.2) is 4.79 Å². The summed E-state index contributed by atoms with van der Waals surface area (Å²) in [5, 5.41) is 14.6. The maximum atomic E-state index is 12.1. The molecule has 2 heterocycles. The van der Waals surface area contributed by atoms with E-state index in [2.05, 4.69) is 10.6 Å². The largest absolute Gasteiger partial charge is 0.480 e. The molecule has 2 aliphatic heterocycles. The normalized spacial score (nSPS) is 28.9. The number of rotatable bonds is 2. The summed E-state index contributed by atoms with van der Waals surface area (Å²) in [6.45, 7) is 1.53. The minimum absolute atomic E-state index is 0.148. The van der Waals surface area contributed by atoms with E-state index in [1.54, 1.807) is 0 Å². The van der Waals surface area contributed by atoms with Gasteiger partial charge in [-0.1, -0.05) is 0 Å². The summed E-state index contributed by atoms with van der Waals surface area (Å²) >= 11 is 0. The van der Waals surface area contributed by atoms with Crippen molar-refractivity contribution < 1.29 is 19.5 Å². The molecule has 17 heavy (non-hydrogen) atoms. The molecule has 7 nitrogen and oxygen atoms in total. The van der Waals surface area contributed by atoms with Crippen molar-refractivity contribution in [3.05, 3.63) is 0 Å². The maximum absolute atomic E-state index is 12.1. The van der Waals surface area contributed by atoms with Crippen molar-refractivity contribution in [3.63, 3.8) is 0 Å². The summed E-state index contributed by atoms with van der Waals surface area (Å²) in [6, 6.07) is -0.827. The predicted molar refractivity (Wildman–Crippen MR) is 57.1 cm³/mol. The van der Waals surface area contributed by atoms with E-state index in [0.717, 1.165) is 0 Å². The van der Waals surface area contributed by atoms with Crippen LogP contribution in [0.5, 0.6) is 0 Å². The van der Waals surface area contributed by atoms with Crippen LogP contribution in [0.25, 0.3) is 0 Å². The topological polar surface area (TPSA) is 98.7 Å². The number of aliphatic carboxylic acids is 1. The molecule has 94 valence electrons. The lowest BCUT2D eigenvalue weighted by Gasteiger charge is -2.34. The molecule has 2 saturated heterocycles. The highest BCUT2D eigenvalue weighted by Crippen LogP contribution is 2.16. The number of nitrogens with one attached hydrogen (secondary N) is 2. The molecule has 2 aliphatic rings. The number of carboxylic acids is 1. The third-order valence-electron chi connectivity index (χ3n) is 3.14. The first kappa shape index (κ1) is 11.8. The van der Waals surface area contributed by atoms with Crippen LogP contribution in [-0.2, 0) is 14.4 Å². The number of hydrogen-bond donors (Lipinski definition) is 3. The Hall–Kier alpha value is -1.63. The van der Waals surface area contributed by atoms with Crippen LogP contribution in [0.4, 0.5) is 0 Å². The molecule has 2 atom stereocenters. The molecule has 2 rings (SSSR count). The molecule has 0 aromatic heterocycles. The Morgan fingerprint density at radius 1 is 1.35 bits per heavy atom. The number of amides is 2. The number of carbonyl (C=O) groups excluding carboxylic acids is 2. The van der Waals surface area contributed by atoms with Gasteiger partial charge < -0.3 is 20.6 Å². The summed E-state index contributed by atoms with van der Waals surface area (Å²) in [4.78, 5) is 35.5. The third kappa shape index (κ3) is 2.38. The van der Waals surface area contributed by atoms with Gasteiger partial charge in [-0.05, 0) is 0 Å². The molecule has 2 fully saturated rings. The smallest absolute Gasteiger partial charge is 0.327 e. The molecule has 3 N–H and O–H groups in total. The minimum atomic E-state index is -1.01. The second-order valence-corrected chi connectivity index (χ2v) is 4.29. The minimum Gasteiger partial charge on any atom is -0.480 e. The SMILES string of the molecule is O=C1CC(C(=O)N2CCNCC2C(=O)O)CN1. The number of piperazine rings is 1. The van der Waals surface area contributed by atoms with Gasteiger partial charge in [-0.3, -0.25) is 9.59 Å². The van der Waals surface area contributed by atoms with Gasteiger partial charge in [0.2, 0.25) is 11.8 Å². The zero-order chi connectivity index (χ0) is 12.4. The average molecular weight is 241 g/mol. The van der Waals surface area contributed by atoms with Gasteiger partial charge in [0.1, 0.15) is 6.04 Å². The molecule has 0 bridgehead atoms. The van der Waals surface area contributed by atoms with Crippen molar-refractivity contribution in [2.75, 3.05) is 26.2 Å². The van der Waals surface area contributed by atoms with Crippen molar-refractivity contribution in [1.82, 2.24) is 15.5 Å². The second kappa shape index (κ2) is 4.70. The van der Waals surface area contributed by atoms with Crippen LogP contribution in [0.15, 0.2) is 0 Å². The molecule has 7 heteroatoms. The molecule has 2 amide bonds. The Balaban J connectivity index is 2.06. The Morgan fingerprint density at radius 2 is 2.12 bits per heavy atom. The molecular weight excluding hydrogens is 226 g/mol. The summed E-state index contributed by atoms with van der Waals surface area (Å²) in [5.74, 6) is -1.81. The van der Waals surface area contributed by atoms with Crippen LogP contribution in [0.2, 0.25) is 0 Å². The van der Waals surface area contributed by atoms with E-state index in [0.29, 0.717) is 19.6 Å². The maximum Gasteiger partial charge on any atom is 0.327 e. The summed E-state index contributed by atoms with van der Waals surface area (Å²) in [7, 11) is 0. The molecule has 2 unspecified atom stereocenters. The Morgan fingerprint density at radius 3 is 2.71 bits per heavy atom. The average Bonchev–Trinajstić information content (AvgIpc) is 2.75. The Labute approximate surface area is 98.2 Å². The van der Waals surface area contributed by atoms with E-state index in [4.69, 9.17) is 5.11 Å². The zero-order valence-electron chi connectivity index (χ0n) is 9.31. The van der Waals surface area contributed by atoms with Crippen LogP contribution in [0.3, 0.4) is 0 Å². The molecule has 0 radical (unpaired) electrons. The van der Waals surface area contributed by atoms with Gasteiger partial charge >= 0.3 is 5.97 Å². The van der Waals surface area contributed by atoms with Crippen LogP contribution in [-0.4, -0.2) is 60.0 Å². The van der Waals surface area contributed by atoms with E-state index in [-0.39, 0.29) is 24.8 Å². The van der Waals surface area contributed by atoms with Crippen LogP contribution in [0.1, 0.15) is 6.42 Å². The highest BCUT2D eigenvalue weighted by atomic mass is 16.4. The van der Waals surface area contributed by atoms with Crippen molar-refractivity contribution in [2.24, 2.45) is 5.92 Å². The first-order valence-electron chi connectivity index (χ1n) is 5.60. The molecular formula is C10H15N3O4.